The van der Waals surface area contributed by atoms with Crippen LogP contribution in [0.15, 0.2) is 24.3 Å². The summed E-state index contributed by atoms with van der Waals surface area (Å²) in [5.41, 5.74) is 1.03. The van der Waals surface area contributed by atoms with Gasteiger partial charge in [-0.05, 0) is 31.4 Å². The van der Waals surface area contributed by atoms with E-state index in [0.29, 0.717) is 17.5 Å². The normalized spacial score (nSPS) is 25.4. The summed E-state index contributed by atoms with van der Waals surface area (Å²) in [5, 5.41) is 0. The lowest BCUT2D eigenvalue weighted by Gasteiger charge is -2.22. The highest BCUT2D eigenvalue weighted by molar-refractivity contribution is 6.21. The van der Waals surface area contributed by atoms with E-state index in [-0.39, 0.29) is 30.8 Å². The summed E-state index contributed by atoms with van der Waals surface area (Å²) < 4.78 is 10.4. The van der Waals surface area contributed by atoms with E-state index in [2.05, 4.69) is 0 Å². The topological polar surface area (TPSA) is 55.8 Å². The number of hydrogen-bond acceptors (Lipinski definition) is 4. The Balaban J connectivity index is 1.74. The highest BCUT2D eigenvalue weighted by Crippen LogP contribution is 2.32. The van der Waals surface area contributed by atoms with Crippen LogP contribution < -0.4 is 0 Å². The second kappa shape index (κ2) is 5.34. The molecule has 0 N–H and O–H groups in total. The number of nitrogens with zero attached hydrogens (tertiary/aromatic N) is 1. The number of fused-ring (bicyclic) bond motifs is 1. The van der Waals surface area contributed by atoms with Crippen LogP contribution in [0.3, 0.4) is 0 Å². The molecular weight excluding hydrogens is 258 g/mol. The van der Waals surface area contributed by atoms with Crippen LogP contribution in [-0.4, -0.2) is 42.8 Å². The zero-order chi connectivity index (χ0) is 14.1. The predicted octanol–water partition coefficient (Wildman–Crippen LogP) is 1.82. The van der Waals surface area contributed by atoms with E-state index in [4.69, 9.17) is 9.47 Å². The molecule has 2 atom stereocenters. The fraction of sp³-hybridized carbons (Fsp3) is 0.467. The van der Waals surface area contributed by atoms with Gasteiger partial charge in [0.25, 0.3) is 11.8 Å². The molecule has 1 heterocycles. The fourth-order valence-electron chi connectivity index (χ4n) is 3.01. The minimum absolute atomic E-state index is 0.0595. The van der Waals surface area contributed by atoms with Crippen molar-refractivity contribution in [2.75, 3.05) is 13.9 Å². The molecule has 1 aromatic carbocycles. The van der Waals surface area contributed by atoms with Crippen molar-refractivity contribution < 1.29 is 19.1 Å². The van der Waals surface area contributed by atoms with E-state index >= 15 is 0 Å². The van der Waals surface area contributed by atoms with Crippen molar-refractivity contribution in [2.24, 2.45) is 0 Å². The summed E-state index contributed by atoms with van der Waals surface area (Å²) in [6, 6.07) is 6.93. The average Bonchev–Trinajstić information content (AvgIpc) is 3.02. The molecule has 0 radical (unpaired) electrons. The number of benzene rings is 1. The minimum Gasteiger partial charge on any atom is -0.359 e. The number of methoxy groups -OCH3 is 1. The molecule has 20 heavy (non-hydrogen) atoms. The van der Waals surface area contributed by atoms with E-state index in [1.165, 1.54) is 4.90 Å². The second-order valence-electron chi connectivity index (χ2n) is 5.19. The summed E-state index contributed by atoms with van der Waals surface area (Å²) in [7, 11) is 1.58. The van der Waals surface area contributed by atoms with Gasteiger partial charge in [-0.25, -0.2) is 0 Å². The third-order valence-electron chi connectivity index (χ3n) is 3.97. The Hall–Kier alpha value is -1.72. The summed E-state index contributed by atoms with van der Waals surface area (Å²) in [6.45, 7) is 0.250. The number of ether oxygens (including phenoxy) is 2. The predicted molar refractivity (Wildman–Crippen MR) is 71.3 cm³/mol. The molecule has 5 nitrogen and oxygen atoms in total. The van der Waals surface area contributed by atoms with E-state index in [9.17, 15) is 9.59 Å². The Morgan fingerprint density at radius 1 is 1.15 bits per heavy atom. The largest absolute Gasteiger partial charge is 0.359 e. The smallest absolute Gasteiger partial charge is 0.261 e. The van der Waals surface area contributed by atoms with Crippen molar-refractivity contribution in [1.29, 1.82) is 0 Å². The van der Waals surface area contributed by atoms with Crippen molar-refractivity contribution in [2.45, 2.75) is 31.4 Å². The molecule has 1 saturated carbocycles. The van der Waals surface area contributed by atoms with Crippen molar-refractivity contribution in [1.82, 2.24) is 4.90 Å². The third kappa shape index (κ3) is 2.13. The van der Waals surface area contributed by atoms with Gasteiger partial charge in [0.15, 0.2) is 0 Å². The minimum atomic E-state index is -0.178. The van der Waals surface area contributed by atoms with Gasteiger partial charge in [0.1, 0.15) is 6.79 Å². The van der Waals surface area contributed by atoms with Crippen LogP contribution in [0.4, 0.5) is 0 Å². The lowest BCUT2D eigenvalue weighted by Crippen LogP contribution is -2.38. The third-order valence-corrected chi connectivity index (χ3v) is 3.97. The van der Waals surface area contributed by atoms with E-state index < -0.39 is 0 Å². The number of amides is 2. The molecule has 106 valence electrons. The molecule has 2 amide bonds. The lowest BCUT2D eigenvalue weighted by atomic mass is 10.1. The van der Waals surface area contributed by atoms with Gasteiger partial charge in [-0.3, -0.25) is 14.5 Å². The van der Waals surface area contributed by atoms with Gasteiger partial charge >= 0.3 is 0 Å². The molecule has 5 heteroatoms. The zero-order valence-corrected chi connectivity index (χ0v) is 11.4. The molecule has 1 aromatic rings. The van der Waals surface area contributed by atoms with Crippen LogP contribution in [0.25, 0.3) is 0 Å². The molecule has 0 bridgehead atoms. The summed E-state index contributed by atoms with van der Waals surface area (Å²) in [4.78, 5) is 26.1. The van der Waals surface area contributed by atoms with Gasteiger partial charge in [0.2, 0.25) is 0 Å². The molecular formula is C15H17NO4. The zero-order valence-electron chi connectivity index (χ0n) is 11.4. The monoisotopic (exact) mass is 275 g/mol. The Bertz CT molecular complexity index is 507. The average molecular weight is 275 g/mol. The number of carbonyl (C=O) groups is 2. The highest BCUT2D eigenvalue weighted by Gasteiger charge is 2.42. The summed E-state index contributed by atoms with van der Waals surface area (Å²) in [5.74, 6) is -0.356. The molecule has 1 aliphatic carbocycles. The maximum absolute atomic E-state index is 12.4. The number of imide groups is 1. The van der Waals surface area contributed by atoms with Gasteiger partial charge in [-0.1, -0.05) is 12.1 Å². The fourth-order valence-corrected chi connectivity index (χ4v) is 3.01. The Kier molecular flexibility index (Phi) is 3.54. The van der Waals surface area contributed by atoms with Crippen LogP contribution >= 0.6 is 0 Å². The van der Waals surface area contributed by atoms with E-state index in [1.54, 1.807) is 31.4 Å². The van der Waals surface area contributed by atoms with E-state index in [1.807, 2.05) is 0 Å². The standard InChI is InChI=1S/C15H17NO4/c1-19-9-20-11-7-6-10(8-11)16-14(17)12-4-2-3-5-13(12)15(16)18/h2-5,10-11H,6-9H2,1H3/t10-,11+/m1/s1. The highest BCUT2D eigenvalue weighted by atomic mass is 16.7. The first-order valence-corrected chi connectivity index (χ1v) is 6.80. The molecule has 0 saturated heterocycles. The number of carbonyl (C=O) groups excluding carboxylic acids is 2. The van der Waals surface area contributed by atoms with Crippen LogP contribution in [0.2, 0.25) is 0 Å². The van der Waals surface area contributed by atoms with Crippen LogP contribution in [0.5, 0.6) is 0 Å². The van der Waals surface area contributed by atoms with Crippen molar-refractivity contribution >= 4 is 11.8 Å². The molecule has 1 fully saturated rings. The van der Waals surface area contributed by atoms with Crippen LogP contribution in [0.1, 0.15) is 40.0 Å². The molecule has 2 aliphatic rings. The Morgan fingerprint density at radius 2 is 1.80 bits per heavy atom. The van der Waals surface area contributed by atoms with Gasteiger partial charge in [0.05, 0.1) is 17.2 Å². The quantitative estimate of drug-likeness (QED) is 0.621. The Labute approximate surface area is 117 Å². The van der Waals surface area contributed by atoms with Crippen LogP contribution in [0, 0.1) is 0 Å². The first-order chi connectivity index (χ1) is 9.72. The summed E-state index contributed by atoms with van der Waals surface area (Å²) >= 11 is 0. The summed E-state index contributed by atoms with van der Waals surface area (Å²) in [6.07, 6.45) is 2.39. The Morgan fingerprint density at radius 3 is 2.40 bits per heavy atom. The van der Waals surface area contributed by atoms with Crippen molar-refractivity contribution in [3.8, 4) is 0 Å². The van der Waals surface area contributed by atoms with Crippen LogP contribution in [-0.2, 0) is 9.47 Å². The second-order valence-corrected chi connectivity index (χ2v) is 5.19. The molecule has 0 spiro atoms. The maximum atomic E-state index is 12.4. The number of hydrogen-bond donors (Lipinski definition) is 0. The number of rotatable bonds is 4. The maximum Gasteiger partial charge on any atom is 0.261 e. The van der Waals surface area contributed by atoms with Gasteiger partial charge in [-0.15, -0.1) is 0 Å². The van der Waals surface area contributed by atoms with Crippen molar-refractivity contribution in [3.05, 3.63) is 35.4 Å². The van der Waals surface area contributed by atoms with E-state index in [0.717, 1.165) is 12.8 Å². The molecule has 3 rings (SSSR count). The van der Waals surface area contributed by atoms with Gasteiger partial charge in [-0.2, -0.15) is 0 Å². The lowest BCUT2D eigenvalue weighted by molar-refractivity contribution is -0.0698. The SMILES string of the molecule is COCO[C@H]1CC[C@@H](N2C(=O)c3ccccc3C2=O)C1. The van der Waals surface area contributed by atoms with Gasteiger partial charge in [0, 0.05) is 13.2 Å². The molecule has 0 unspecified atom stereocenters. The first-order valence-electron chi connectivity index (χ1n) is 6.80. The molecule has 1 aliphatic heterocycles. The first kappa shape index (κ1) is 13.3. The molecule has 0 aromatic heterocycles. The van der Waals surface area contributed by atoms with Crippen molar-refractivity contribution in [3.63, 3.8) is 0 Å². The van der Waals surface area contributed by atoms with Gasteiger partial charge < -0.3 is 9.47 Å².